The Bertz CT molecular complexity index is 780. The maximum atomic E-state index is 5.56. The Labute approximate surface area is 145 Å². The molecule has 0 saturated carbocycles. The van der Waals surface area contributed by atoms with Crippen LogP contribution in [0.1, 0.15) is 11.3 Å². The van der Waals surface area contributed by atoms with Crippen LogP contribution in [0.4, 0.5) is 0 Å². The number of thiophene rings is 1. The van der Waals surface area contributed by atoms with Crippen molar-refractivity contribution < 1.29 is 4.42 Å². The monoisotopic (exact) mass is 340 g/mol. The fourth-order valence-corrected chi connectivity index (χ4v) is 3.05. The van der Waals surface area contributed by atoms with Gasteiger partial charge in [0.25, 0.3) is 0 Å². The van der Waals surface area contributed by atoms with Gasteiger partial charge in [0.1, 0.15) is 6.26 Å². The number of hydrogen-bond donors (Lipinski definition) is 1. The first-order chi connectivity index (χ1) is 11.8. The van der Waals surface area contributed by atoms with Gasteiger partial charge in [0.2, 0.25) is 5.89 Å². The van der Waals surface area contributed by atoms with E-state index in [0.29, 0.717) is 12.4 Å². The zero-order valence-corrected chi connectivity index (χ0v) is 14.6. The predicted molar refractivity (Wildman–Crippen MR) is 97.9 cm³/mol. The molecule has 0 saturated heterocycles. The van der Waals surface area contributed by atoms with Gasteiger partial charge >= 0.3 is 0 Å². The molecule has 2 aromatic heterocycles. The second kappa shape index (κ2) is 7.79. The number of benzene rings is 1. The number of hydrogen-bond acceptors (Lipinski definition) is 4. The van der Waals surface area contributed by atoms with Crippen molar-refractivity contribution in [2.75, 3.05) is 14.1 Å². The number of oxazole rings is 1. The molecule has 6 heteroatoms. The summed E-state index contributed by atoms with van der Waals surface area (Å²) >= 11 is 1.70. The van der Waals surface area contributed by atoms with Crippen LogP contribution in [0, 0.1) is 0 Å². The topological polar surface area (TPSA) is 53.7 Å². The van der Waals surface area contributed by atoms with Gasteiger partial charge < -0.3 is 14.6 Å². The van der Waals surface area contributed by atoms with Crippen LogP contribution in [0.15, 0.2) is 62.8 Å². The molecule has 1 N–H and O–H groups in total. The van der Waals surface area contributed by atoms with Crippen molar-refractivity contribution in [1.29, 1.82) is 0 Å². The molecule has 0 spiro atoms. The largest absolute Gasteiger partial charge is 0.444 e. The number of guanidine groups is 1. The smallest absolute Gasteiger partial charge is 0.226 e. The lowest BCUT2D eigenvalue weighted by molar-refractivity contribution is 0.476. The highest BCUT2D eigenvalue weighted by Crippen LogP contribution is 2.17. The highest BCUT2D eigenvalue weighted by molar-refractivity contribution is 7.07. The molecule has 0 aliphatic rings. The first-order valence-corrected chi connectivity index (χ1v) is 8.63. The first kappa shape index (κ1) is 16.3. The number of nitrogens with zero attached hydrogens (tertiary/aromatic N) is 3. The molecule has 3 rings (SSSR count). The molecule has 3 aromatic rings. The van der Waals surface area contributed by atoms with E-state index in [1.54, 1.807) is 24.6 Å². The van der Waals surface area contributed by atoms with Crippen LogP contribution in [0.3, 0.4) is 0 Å². The van der Waals surface area contributed by atoms with Gasteiger partial charge in [0, 0.05) is 26.2 Å². The minimum absolute atomic E-state index is 0.566. The Morgan fingerprint density at radius 2 is 2.12 bits per heavy atom. The normalized spacial score (nSPS) is 11.5. The SMILES string of the molecule is CN=C(NCc1coc(-c2ccccc2)n1)N(C)Cc1ccsc1. The molecule has 24 heavy (non-hydrogen) atoms. The van der Waals surface area contributed by atoms with Gasteiger partial charge in [-0.2, -0.15) is 11.3 Å². The van der Waals surface area contributed by atoms with Crippen LogP contribution in [-0.4, -0.2) is 29.9 Å². The molecule has 0 radical (unpaired) electrons. The highest BCUT2D eigenvalue weighted by atomic mass is 32.1. The van der Waals surface area contributed by atoms with E-state index in [2.05, 4.69) is 37.0 Å². The minimum atomic E-state index is 0.566. The molecule has 0 fully saturated rings. The summed E-state index contributed by atoms with van der Waals surface area (Å²) in [7, 11) is 3.80. The van der Waals surface area contributed by atoms with Gasteiger partial charge in [-0.05, 0) is 34.5 Å². The van der Waals surface area contributed by atoms with E-state index in [1.807, 2.05) is 37.4 Å². The van der Waals surface area contributed by atoms with Crippen molar-refractivity contribution in [3.05, 3.63) is 64.7 Å². The van der Waals surface area contributed by atoms with Crippen LogP contribution in [0.25, 0.3) is 11.5 Å². The third-order valence-corrected chi connectivity index (χ3v) is 4.31. The lowest BCUT2D eigenvalue weighted by Crippen LogP contribution is -2.38. The maximum Gasteiger partial charge on any atom is 0.226 e. The summed E-state index contributed by atoms with van der Waals surface area (Å²) in [4.78, 5) is 10.9. The van der Waals surface area contributed by atoms with E-state index in [9.17, 15) is 0 Å². The summed E-state index contributed by atoms with van der Waals surface area (Å²) < 4.78 is 5.56. The average Bonchev–Trinajstić information content (AvgIpc) is 3.28. The van der Waals surface area contributed by atoms with Crippen molar-refractivity contribution >= 4 is 17.3 Å². The van der Waals surface area contributed by atoms with Crippen molar-refractivity contribution in [3.8, 4) is 11.5 Å². The predicted octanol–water partition coefficient (Wildman–Crippen LogP) is 3.61. The molecule has 0 bridgehead atoms. The van der Waals surface area contributed by atoms with Crippen LogP contribution in [-0.2, 0) is 13.1 Å². The third kappa shape index (κ3) is 4.02. The zero-order valence-electron chi connectivity index (χ0n) is 13.8. The van der Waals surface area contributed by atoms with Crippen molar-refractivity contribution in [2.45, 2.75) is 13.1 Å². The van der Waals surface area contributed by atoms with Crippen molar-refractivity contribution in [1.82, 2.24) is 15.2 Å². The highest BCUT2D eigenvalue weighted by Gasteiger charge is 2.10. The number of rotatable bonds is 5. The molecular formula is C18H20N4OS. The van der Waals surface area contributed by atoms with Crippen LogP contribution < -0.4 is 5.32 Å². The lowest BCUT2D eigenvalue weighted by Gasteiger charge is -2.21. The van der Waals surface area contributed by atoms with Crippen molar-refractivity contribution in [3.63, 3.8) is 0 Å². The number of aromatic nitrogens is 1. The Morgan fingerprint density at radius 3 is 2.83 bits per heavy atom. The van der Waals surface area contributed by atoms with Crippen LogP contribution in [0.2, 0.25) is 0 Å². The zero-order chi connectivity index (χ0) is 16.8. The second-order valence-electron chi connectivity index (χ2n) is 5.40. The Morgan fingerprint density at radius 1 is 1.29 bits per heavy atom. The number of aliphatic imine (C=N–C) groups is 1. The van der Waals surface area contributed by atoms with Gasteiger partial charge in [-0.25, -0.2) is 4.98 Å². The van der Waals surface area contributed by atoms with Gasteiger partial charge in [0.15, 0.2) is 5.96 Å². The van der Waals surface area contributed by atoms with E-state index in [4.69, 9.17) is 4.42 Å². The molecular weight excluding hydrogens is 320 g/mol. The Kier molecular flexibility index (Phi) is 5.28. The molecule has 5 nitrogen and oxygen atoms in total. The van der Waals surface area contributed by atoms with E-state index < -0.39 is 0 Å². The summed E-state index contributed by atoms with van der Waals surface area (Å²) in [5.74, 6) is 1.46. The van der Waals surface area contributed by atoms with E-state index in [-0.39, 0.29) is 0 Å². The molecule has 0 aliphatic carbocycles. The quantitative estimate of drug-likeness (QED) is 0.569. The number of nitrogens with one attached hydrogen (secondary N) is 1. The standard InChI is InChI=1S/C18H20N4OS/c1-19-18(22(2)11-14-8-9-24-13-14)20-10-16-12-23-17(21-16)15-6-4-3-5-7-15/h3-9,12-13H,10-11H2,1-2H3,(H,19,20). The average molecular weight is 340 g/mol. The molecule has 124 valence electrons. The van der Waals surface area contributed by atoms with Gasteiger partial charge in [0.05, 0.1) is 12.2 Å². The maximum absolute atomic E-state index is 5.56. The summed E-state index contributed by atoms with van der Waals surface area (Å²) in [6.07, 6.45) is 1.68. The summed E-state index contributed by atoms with van der Waals surface area (Å²) in [6.45, 7) is 1.38. The lowest BCUT2D eigenvalue weighted by atomic mass is 10.2. The molecule has 0 atom stereocenters. The van der Waals surface area contributed by atoms with Gasteiger partial charge in [-0.15, -0.1) is 0 Å². The van der Waals surface area contributed by atoms with Crippen LogP contribution in [0.5, 0.6) is 0 Å². The van der Waals surface area contributed by atoms with E-state index in [0.717, 1.165) is 23.8 Å². The van der Waals surface area contributed by atoms with Gasteiger partial charge in [-0.1, -0.05) is 18.2 Å². The Hall–Kier alpha value is -2.60. The Balaban J connectivity index is 1.59. The van der Waals surface area contributed by atoms with Crippen molar-refractivity contribution in [2.24, 2.45) is 4.99 Å². The summed E-state index contributed by atoms with van der Waals surface area (Å²) in [6, 6.07) is 12.0. The van der Waals surface area contributed by atoms with E-state index >= 15 is 0 Å². The first-order valence-electron chi connectivity index (χ1n) is 7.69. The summed E-state index contributed by atoms with van der Waals surface area (Å²) in [5.41, 5.74) is 3.10. The second-order valence-corrected chi connectivity index (χ2v) is 6.18. The fraction of sp³-hybridized carbons (Fsp3) is 0.222. The van der Waals surface area contributed by atoms with E-state index in [1.165, 1.54) is 5.56 Å². The molecule has 0 aliphatic heterocycles. The van der Waals surface area contributed by atoms with Crippen LogP contribution >= 0.6 is 11.3 Å². The molecule has 0 amide bonds. The van der Waals surface area contributed by atoms with Gasteiger partial charge in [-0.3, -0.25) is 4.99 Å². The molecule has 0 unspecified atom stereocenters. The molecule has 2 heterocycles. The summed E-state index contributed by atoms with van der Waals surface area (Å²) in [5, 5.41) is 7.55. The minimum Gasteiger partial charge on any atom is -0.444 e. The fourth-order valence-electron chi connectivity index (χ4n) is 2.39. The molecule has 1 aromatic carbocycles. The third-order valence-electron chi connectivity index (χ3n) is 3.57.